The number of halogens is 1. The van der Waals surface area contributed by atoms with Crippen LogP contribution in [0.15, 0.2) is 75.4 Å². The minimum absolute atomic E-state index is 0.139. The van der Waals surface area contributed by atoms with Crippen molar-refractivity contribution in [2.75, 3.05) is 5.75 Å². The Labute approximate surface area is 197 Å². The number of carbonyl (C=O) groups excluding carboxylic acids is 1. The summed E-state index contributed by atoms with van der Waals surface area (Å²) in [6.07, 6.45) is 0.162. The Bertz CT molecular complexity index is 1340. The number of aromatic amines is 2. The van der Waals surface area contributed by atoms with Crippen LogP contribution in [0.1, 0.15) is 17.1 Å². The van der Waals surface area contributed by atoms with Crippen LogP contribution in [0.5, 0.6) is 0 Å². The molecule has 33 heavy (non-hydrogen) atoms. The van der Waals surface area contributed by atoms with Gasteiger partial charge in [-0.15, -0.1) is 10.2 Å². The molecular formula is C22H19ClN6O3S. The van der Waals surface area contributed by atoms with Crippen molar-refractivity contribution in [2.24, 2.45) is 0 Å². The van der Waals surface area contributed by atoms with Crippen LogP contribution in [0, 0.1) is 0 Å². The Morgan fingerprint density at radius 1 is 1.03 bits per heavy atom. The van der Waals surface area contributed by atoms with Gasteiger partial charge in [-0.25, -0.2) is 4.79 Å². The first kappa shape index (κ1) is 22.6. The zero-order valence-corrected chi connectivity index (χ0v) is 18.8. The number of carbonyl (C=O) groups is 1. The number of hydrogen-bond donors (Lipinski definition) is 3. The molecule has 0 unspecified atom stereocenters. The minimum atomic E-state index is -0.597. The highest BCUT2D eigenvalue weighted by Gasteiger charge is 2.17. The highest BCUT2D eigenvalue weighted by Crippen LogP contribution is 2.24. The van der Waals surface area contributed by atoms with Gasteiger partial charge in [-0.05, 0) is 29.8 Å². The Hall–Kier alpha value is -3.63. The van der Waals surface area contributed by atoms with Gasteiger partial charge in [0.1, 0.15) is 5.82 Å². The van der Waals surface area contributed by atoms with E-state index in [2.05, 4.69) is 25.5 Å². The van der Waals surface area contributed by atoms with Crippen LogP contribution in [0.2, 0.25) is 5.02 Å². The number of amides is 1. The monoisotopic (exact) mass is 482 g/mol. The maximum atomic E-state index is 12.4. The quantitative estimate of drug-likeness (QED) is 0.331. The smallest absolute Gasteiger partial charge is 0.325 e. The predicted molar refractivity (Wildman–Crippen MR) is 126 cm³/mol. The molecule has 0 atom stereocenters. The number of hydrogen-bond acceptors (Lipinski definition) is 6. The topological polar surface area (TPSA) is 126 Å². The molecule has 0 spiro atoms. The third kappa shape index (κ3) is 5.99. The van der Waals surface area contributed by atoms with Crippen molar-refractivity contribution in [2.45, 2.75) is 18.1 Å². The lowest BCUT2D eigenvalue weighted by Crippen LogP contribution is -2.24. The van der Waals surface area contributed by atoms with Crippen molar-refractivity contribution in [3.63, 3.8) is 0 Å². The summed E-state index contributed by atoms with van der Waals surface area (Å²) in [7, 11) is 0. The number of aromatic nitrogens is 5. The van der Waals surface area contributed by atoms with E-state index in [9.17, 15) is 14.4 Å². The SMILES string of the molecule is O=C(CSc1nnc(Cc2cc(=O)[nH]c(=O)[nH]2)n1-c1ccc(Cl)cc1)NCc1ccccc1. The summed E-state index contributed by atoms with van der Waals surface area (Å²) in [5.74, 6) is 0.487. The fraction of sp³-hybridized carbons (Fsp3) is 0.136. The van der Waals surface area contributed by atoms with Gasteiger partial charge >= 0.3 is 5.69 Å². The van der Waals surface area contributed by atoms with Gasteiger partial charge in [-0.3, -0.25) is 19.1 Å². The fourth-order valence-corrected chi connectivity index (χ4v) is 4.05. The van der Waals surface area contributed by atoms with Gasteiger partial charge in [-0.2, -0.15) is 0 Å². The highest BCUT2D eigenvalue weighted by molar-refractivity contribution is 7.99. The lowest BCUT2D eigenvalue weighted by Gasteiger charge is -2.11. The second-order valence-corrected chi connectivity index (χ2v) is 8.43. The number of H-pyrrole nitrogens is 2. The van der Waals surface area contributed by atoms with E-state index in [4.69, 9.17) is 11.6 Å². The van der Waals surface area contributed by atoms with Crippen LogP contribution in [-0.2, 0) is 17.8 Å². The summed E-state index contributed by atoms with van der Waals surface area (Å²) >= 11 is 7.26. The molecule has 9 nitrogen and oxygen atoms in total. The molecule has 168 valence electrons. The fourth-order valence-electron chi connectivity index (χ4n) is 3.12. The van der Waals surface area contributed by atoms with E-state index in [0.717, 1.165) is 11.3 Å². The van der Waals surface area contributed by atoms with Crippen molar-refractivity contribution >= 4 is 29.3 Å². The number of thioether (sulfide) groups is 1. The van der Waals surface area contributed by atoms with Gasteiger partial charge in [-0.1, -0.05) is 53.7 Å². The number of benzene rings is 2. The number of rotatable bonds is 8. The molecule has 0 radical (unpaired) electrons. The molecule has 0 saturated carbocycles. The molecule has 4 aromatic rings. The normalized spacial score (nSPS) is 10.8. The zero-order valence-electron chi connectivity index (χ0n) is 17.2. The molecular weight excluding hydrogens is 464 g/mol. The summed E-state index contributed by atoms with van der Waals surface area (Å²) in [4.78, 5) is 40.4. The number of nitrogens with one attached hydrogen (secondary N) is 3. The molecule has 0 aliphatic heterocycles. The maximum Gasteiger partial charge on any atom is 0.325 e. The van der Waals surface area contributed by atoms with Crippen molar-refractivity contribution in [3.05, 3.63) is 104 Å². The summed E-state index contributed by atoms with van der Waals surface area (Å²) < 4.78 is 1.77. The van der Waals surface area contributed by atoms with E-state index < -0.39 is 11.2 Å². The molecule has 0 aliphatic carbocycles. The van der Waals surface area contributed by atoms with Crippen molar-refractivity contribution in [3.8, 4) is 5.69 Å². The molecule has 0 saturated heterocycles. The molecule has 2 heterocycles. The second-order valence-electron chi connectivity index (χ2n) is 7.05. The Kier molecular flexibility index (Phi) is 7.06. The average molecular weight is 483 g/mol. The van der Waals surface area contributed by atoms with Crippen LogP contribution in [0.4, 0.5) is 0 Å². The summed E-state index contributed by atoms with van der Waals surface area (Å²) in [6.45, 7) is 0.436. The van der Waals surface area contributed by atoms with Gasteiger partial charge in [0, 0.05) is 35.4 Å². The molecule has 0 aliphatic rings. The first-order valence-corrected chi connectivity index (χ1v) is 11.3. The highest BCUT2D eigenvalue weighted by atomic mass is 35.5. The maximum absolute atomic E-state index is 12.4. The van der Waals surface area contributed by atoms with E-state index in [1.165, 1.54) is 17.8 Å². The molecule has 1 amide bonds. The van der Waals surface area contributed by atoms with Gasteiger partial charge in [0.15, 0.2) is 5.16 Å². The lowest BCUT2D eigenvalue weighted by molar-refractivity contribution is -0.118. The summed E-state index contributed by atoms with van der Waals surface area (Å²) in [6, 6.07) is 18.0. The van der Waals surface area contributed by atoms with E-state index in [-0.39, 0.29) is 18.1 Å². The predicted octanol–water partition coefficient (Wildman–Crippen LogP) is 2.30. The largest absolute Gasteiger partial charge is 0.351 e. The van der Waals surface area contributed by atoms with Gasteiger partial charge in [0.05, 0.1) is 5.75 Å². The average Bonchev–Trinajstić information content (AvgIpc) is 3.19. The Morgan fingerprint density at radius 3 is 2.52 bits per heavy atom. The molecule has 4 rings (SSSR count). The third-order valence-electron chi connectivity index (χ3n) is 4.61. The van der Waals surface area contributed by atoms with E-state index in [1.807, 2.05) is 30.3 Å². The van der Waals surface area contributed by atoms with Crippen LogP contribution < -0.4 is 16.6 Å². The van der Waals surface area contributed by atoms with Gasteiger partial charge in [0.2, 0.25) is 5.91 Å². The van der Waals surface area contributed by atoms with Crippen molar-refractivity contribution in [1.82, 2.24) is 30.0 Å². The van der Waals surface area contributed by atoms with E-state index >= 15 is 0 Å². The summed E-state index contributed by atoms with van der Waals surface area (Å²) in [5, 5.41) is 12.4. The molecule has 3 N–H and O–H groups in total. The number of nitrogens with zero attached hydrogens (tertiary/aromatic N) is 3. The van der Waals surface area contributed by atoms with E-state index in [1.54, 1.807) is 28.8 Å². The molecule has 11 heteroatoms. The molecule has 2 aromatic carbocycles. The first-order valence-electron chi connectivity index (χ1n) is 9.94. The van der Waals surface area contributed by atoms with E-state index in [0.29, 0.717) is 28.2 Å². The first-order chi connectivity index (χ1) is 16.0. The standard InChI is InChI=1S/C22H19ClN6O3S/c23-15-6-8-17(9-7-15)29-18(10-16-11-19(30)26-21(32)25-16)27-28-22(29)33-13-20(31)24-12-14-4-2-1-3-5-14/h1-9,11H,10,12-13H2,(H,24,31)(H2,25,26,30,32). The molecule has 0 fully saturated rings. The van der Waals surface area contributed by atoms with Crippen LogP contribution in [0.3, 0.4) is 0 Å². The molecule has 0 bridgehead atoms. The Morgan fingerprint density at radius 2 is 1.79 bits per heavy atom. The van der Waals surface area contributed by atoms with Crippen molar-refractivity contribution in [1.29, 1.82) is 0 Å². The third-order valence-corrected chi connectivity index (χ3v) is 5.80. The van der Waals surface area contributed by atoms with Crippen molar-refractivity contribution < 1.29 is 4.79 Å². The van der Waals surface area contributed by atoms with Crippen LogP contribution >= 0.6 is 23.4 Å². The van der Waals surface area contributed by atoms with Crippen LogP contribution in [0.25, 0.3) is 5.69 Å². The lowest BCUT2D eigenvalue weighted by atomic mass is 10.2. The van der Waals surface area contributed by atoms with Gasteiger partial charge < -0.3 is 10.3 Å². The van der Waals surface area contributed by atoms with Crippen LogP contribution in [-0.4, -0.2) is 36.4 Å². The Balaban J connectivity index is 1.54. The second kappa shape index (κ2) is 10.3. The zero-order chi connectivity index (χ0) is 23.2. The molecule has 2 aromatic heterocycles. The summed E-state index contributed by atoms with van der Waals surface area (Å²) in [5.41, 5.74) is 1.03. The minimum Gasteiger partial charge on any atom is -0.351 e. The van der Waals surface area contributed by atoms with Gasteiger partial charge in [0.25, 0.3) is 5.56 Å².